The van der Waals surface area contributed by atoms with Crippen molar-refractivity contribution in [2.24, 2.45) is 4.99 Å². The number of aromatic nitrogens is 1. The summed E-state index contributed by atoms with van der Waals surface area (Å²) in [7, 11) is 0. The summed E-state index contributed by atoms with van der Waals surface area (Å²) in [6.45, 7) is 1.53. The highest BCUT2D eigenvalue weighted by molar-refractivity contribution is 7.80. The van der Waals surface area contributed by atoms with Crippen molar-refractivity contribution < 1.29 is 9.47 Å². The third kappa shape index (κ3) is 9.48. The molecule has 0 radical (unpaired) electrons. The van der Waals surface area contributed by atoms with Crippen LogP contribution >= 0.6 is 25.3 Å². The van der Waals surface area contributed by atoms with Gasteiger partial charge in [0.15, 0.2) is 0 Å². The molecule has 1 aromatic heterocycles. The molecule has 0 saturated carbocycles. The lowest BCUT2D eigenvalue weighted by molar-refractivity contribution is 0.0858. The molecule has 0 spiro atoms. The van der Waals surface area contributed by atoms with Crippen molar-refractivity contribution in [1.82, 2.24) is 4.98 Å². The Bertz CT molecular complexity index is 608. The molecule has 2 rings (SSSR count). The third-order valence-electron chi connectivity index (χ3n) is 4.66. The zero-order valence-corrected chi connectivity index (χ0v) is 18.6. The van der Waals surface area contributed by atoms with E-state index >= 15 is 0 Å². The molecule has 0 bridgehead atoms. The van der Waals surface area contributed by atoms with Gasteiger partial charge in [0, 0.05) is 31.5 Å². The van der Waals surface area contributed by atoms with Crippen LogP contribution in [0.5, 0.6) is 5.75 Å². The van der Waals surface area contributed by atoms with E-state index in [9.17, 15) is 0 Å². The normalized spacial score (nSPS) is 16.2. The van der Waals surface area contributed by atoms with Crippen LogP contribution in [0, 0.1) is 0 Å². The van der Waals surface area contributed by atoms with E-state index in [-0.39, 0.29) is 6.10 Å². The Kier molecular flexibility index (Phi) is 12.4. The first-order valence-corrected chi connectivity index (χ1v) is 11.8. The lowest BCUT2D eigenvalue weighted by atomic mass is 10.1. The van der Waals surface area contributed by atoms with Gasteiger partial charge in [0.1, 0.15) is 5.75 Å². The van der Waals surface area contributed by atoms with Crippen LogP contribution in [-0.2, 0) is 4.74 Å². The van der Waals surface area contributed by atoms with E-state index in [0.717, 1.165) is 61.1 Å². The second kappa shape index (κ2) is 14.9. The predicted octanol–water partition coefficient (Wildman–Crippen LogP) is 5.53. The summed E-state index contributed by atoms with van der Waals surface area (Å²) in [5.74, 6) is 2.79. The van der Waals surface area contributed by atoms with E-state index in [1.807, 2.05) is 24.4 Å². The topological polar surface area (TPSA) is 43.7 Å². The second-order valence-corrected chi connectivity index (χ2v) is 7.93. The Balaban J connectivity index is 1.73. The van der Waals surface area contributed by atoms with E-state index < -0.39 is 0 Å². The molecule has 0 aliphatic carbocycles. The van der Waals surface area contributed by atoms with Crippen molar-refractivity contribution in [3.8, 4) is 5.75 Å². The van der Waals surface area contributed by atoms with Crippen LogP contribution in [0.3, 0.4) is 0 Å². The van der Waals surface area contributed by atoms with Gasteiger partial charge in [-0.2, -0.15) is 25.3 Å². The first-order valence-electron chi connectivity index (χ1n) is 10.5. The summed E-state index contributed by atoms with van der Waals surface area (Å²) in [6, 6.07) is 3.90. The van der Waals surface area contributed by atoms with Crippen LogP contribution in [0.15, 0.2) is 35.6 Å². The Hall–Kier alpha value is -0.980. The minimum Gasteiger partial charge on any atom is -0.493 e. The van der Waals surface area contributed by atoms with Crippen molar-refractivity contribution in [2.75, 3.05) is 24.7 Å². The van der Waals surface area contributed by atoms with Crippen LogP contribution in [0.4, 0.5) is 0 Å². The SMILES string of the molecule is SCCCCCCOc1ccnc(C2=NC=CC(OCCCCCCS)C2)c1. The predicted molar refractivity (Wildman–Crippen MR) is 124 cm³/mol. The van der Waals surface area contributed by atoms with Gasteiger partial charge in [-0.3, -0.25) is 9.98 Å². The fraction of sp³-hybridized carbons (Fsp3) is 0.636. The third-order valence-corrected chi connectivity index (χ3v) is 5.29. The Morgan fingerprint density at radius 3 is 2.39 bits per heavy atom. The molecular formula is C22H34N2O2S2. The van der Waals surface area contributed by atoms with Crippen molar-refractivity contribution in [3.63, 3.8) is 0 Å². The molecule has 0 amide bonds. The number of pyridine rings is 1. The van der Waals surface area contributed by atoms with Gasteiger partial charge in [-0.15, -0.1) is 0 Å². The van der Waals surface area contributed by atoms with Gasteiger partial charge >= 0.3 is 0 Å². The zero-order valence-electron chi connectivity index (χ0n) is 16.8. The lowest BCUT2D eigenvalue weighted by Gasteiger charge is -2.18. The van der Waals surface area contributed by atoms with Gasteiger partial charge in [-0.25, -0.2) is 0 Å². The second-order valence-electron chi connectivity index (χ2n) is 7.03. The highest BCUT2D eigenvalue weighted by Gasteiger charge is 2.16. The van der Waals surface area contributed by atoms with Gasteiger partial charge < -0.3 is 9.47 Å². The molecule has 1 atom stereocenters. The largest absolute Gasteiger partial charge is 0.493 e. The lowest BCUT2D eigenvalue weighted by Crippen LogP contribution is -2.20. The summed E-state index contributed by atoms with van der Waals surface area (Å²) in [6.07, 6.45) is 15.9. The number of unbranched alkanes of at least 4 members (excludes halogenated alkanes) is 6. The summed E-state index contributed by atoms with van der Waals surface area (Å²) in [4.78, 5) is 8.99. The molecule has 156 valence electrons. The van der Waals surface area contributed by atoms with Gasteiger partial charge in [-0.05, 0) is 49.3 Å². The molecule has 6 heteroatoms. The van der Waals surface area contributed by atoms with E-state index in [4.69, 9.17) is 9.47 Å². The Labute approximate surface area is 181 Å². The molecule has 1 unspecified atom stereocenters. The van der Waals surface area contributed by atoms with Crippen LogP contribution in [0.25, 0.3) is 0 Å². The number of ether oxygens (including phenoxy) is 2. The molecule has 0 N–H and O–H groups in total. The molecular weight excluding hydrogens is 388 g/mol. The molecule has 0 fully saturated rings. The number of nitrogens with zero attached hydrogens (tertiary/aromatic N) is 2. The number of hydrogen-bond acceptors (Lipinski definition) is 6. The number of aliphatic imine (C=N–C) groups is 1. The van der Waals surface area contributed by atoms with Gasteiger partial charge in [0.2, 0.25) is 0 Å². The molecule has 2 heterocycles. The first-order chi connectivity index (χ1) is 13.8. The van der Waals surface area contributed by atoms with Crippen LogP contribution in [-0.4, -0.2) is 41.5 Å². The number of rotatable bonds is 15. The van der Waals surface area contributed by atoms with Gasteiger partial charge in [-0.1, -0.05) is 25.7 Å². The summed E-state index contributed by atoms with van der Waals surface area (Å²) in [5, 5.41) is 0. The van der Waals surface area contributed by atoms with Crippen molar-refractivity contribution >= 4 is 31.0 Å². The zero-order chi connectivity index (χ0) is 19.9. The van der Waals surface area contributed by atoms with Crippen molar-refractivity contribution in [3.05, 3.63) is 36.3 Å². The molecule has 28 heavy (non-hydrogen) atoms. The molecule has 0 aromatic carbocycles. The van der Waals surface area contributed by atoms with E-state index in [2.05, 4.69) is 35.2 Å². The molecule has 1 aliphatic heterocycles. The van der Waals surface area contributed by atoms with Gasteiger partial charge in [0.25, 0.3) is 0 Å². The molecule has 0 saturated heterocycles. The van der Waals surface area contributed by atoms with E-state index in [1.165, 1.54) is 38.5 Å². The molecule has 1 aliphatic rings. The van der Waals surface area contributed by atoms with Crippen LogP contribution < -0.4 is 4.74 Å². The minimum absolute atomic E-state index is 0.0792. The smallest absolute Gasteiger partial charge is 0.123 e. The fourth-order valence-electron chi connectivity index (χ4n) is 3.04. The quantitative estimate of drug-likeness (QED) is 0.288. The fourth-order valence-corrected chi connectivity index (χ4v) is 3.49. The standard InChI is InChI=1S/C22H34N2O2S2/c27-15-7-3-1-5-13-25-19-9-11-23-21(17-19)22-18-20(10-12-24-22)26-14-6-2-4-8-16-28/h9-12,17,20,27-28H,1-8,13-16,18H2. The van der Waals surface area contributed by atoms with Crippen LogP contribution in [0.1, 0.15) is 63.5 Å². The van der Waals surface area contributed by atoms with E-state index in [1.54, 1.807) is 6.20 Å². The highest BCUT2D eigenvalue weighted by atomic mass is 32.1. The monoisotopic (exact) mass is 422 g/mol. The average Bonchev–Trinajstić information content (AvgIpc) is 2.73. The average molecular weight is 423 g/mol. The maximum absolute atomic E-state index is 6.01. The van der Waals surface area contributed by atoms with Crippen LogP contribution in [0.2, 0.25) is 0 Å². The first kappa shape index (κ1) is 23.3. The Morgan fingerprint density at radius 1 is 0.929 bits per heavy atom. The Morgan fingerprint density at radius 2 is 1.64 bits per heavy atom. The maximum atomic E-state index is 6.01. The van der Waals surface area contributed by atoms with Crippen molar-refractivity contribution in [2.45, 2.75) is 63.9 Å². The maximum Gasteiger partial charge on any atom is 0.123 e. The molecule has 1 aromatic rings. The van der Waals surface area contributed by atoms with Crippen molar-refractivity contribution in [1.29, 1.82) is 0 Å². The van der Waals surface area contributed by atoms with E-state index in [0.29, 0.717) is 0 Å². The summed E-state index contributed by atoms with van der Waals surface area (Å²) in [5.41, 5.74) is 1.83. The summed E-state index contributed by atoms with van der Waals surface area (Å²) >= 11 is 8.49. The summed E-state index contributed by atoms with van der Waals surface area (Å²) < 4.78 is 11.9. The van der Waals surface area contributed by atoms with Gasteiger partial charge in [0.05, 0.1) is 24.1 Å². The highest BCUT2D eigenvalue weighted by Crippen LogP contribution is 2.18. The minimum atomic E-state index is 0.0792. The number of hydrogen-bond donors (Lipinski definition) is 2. The molecule has 4 nitrogen and oxygen atoms in total. The number of thiol groups is 2.